The van der Waals surface area contributed by atoms with E-state index in [-0.39, 0.29) is 30.0 Å². The van der Waals surface area contributed by atoms with Crippen LogP contribution in [-0.2, 0) is 6.18 Å². The molecule has 33 heavy (non-hydrogen) atoms. The van der Waals surface area contributed by atoms with Gasteiger partial charge in [0.05, 0.1) is 12.1 Å². The third-order valence-corrected chi connectivity index (χ3v) is 6.59. The topological polar surface area (TPSA) is 72.8 Å². The monoisotopic (exact) mass is 483 g/mol. The van der Waals surface area contributed by atoms with Crippen LogP contribution in [0.3, 0.4) is 0 Å². The fraction of sp³-hybridized carbons (Fsp3) is 0.500. The Labute approximate surface area is 194 Å². The molecule has 1 aromatic heterocycles. The molecule has 2 aliphatic rings. The summed E-state index contributed by atoms with van der Waals surface area (Å²) in [6.07, 6.45) is -5.38. The van der Waals surface area contributed by atoms with E-state index in [0.29, 0.717) is 48.9 Å². The van der Waals surface area contributed by atoms with Crippen LogP contribution in [0.15, 0.2) is 24.3 Å². The Morgan fingerprint density at radius 1 is 1.06 bits per heavy atom. The highest BCUT2D eigenvalue weighted by Crippen LogP contribution is 2.32. The Balaban J connectivity index is 1.43. The largest absolute Gasteiger partial charge is 0.451 e. The van der Waals surface area contributed by atoms with Crippen molar-refractivity contribution in [1.82, 2.24) is 19.8 Å². The molecule has 0 radical (unpaired) electrons. The minimum atomic E-state index is -4.64. The number of aliphatic hydroxyl groups is 1. The van der Waals surface area contributed by atoms with E-state index in [9.17, 15) is 23.1 Å². The number of rotatable bonds is 3. The van der Waals surface area contributed by atoms with Crippen LogP contribution in [0.25, 0.3) is 0 Å². The predicted molar refractivity (Wildman–Crippen MR) is 117 cm³/mol. The number of carbonyl (C=O) groups is 1. The zero-order chi connectivity index (χ0) is 23.9. The molecular formula is C22H25ClF3N5O2. The SMILES string of the molecule is Cc1nc(C(F)(F)F)nc(N2C[C@H](O)[C@@H](N3CCN(C(=O)c4ccc(Cl)cc4)CC3)C2)c1C. The second-order valence-electron chi connectivity index (χ2n) is 8.45. The lowest BCUT2D eigenvalue weighted by atomic mass is 10.1. The Hall–Kier alpha value is -2.43. The van der Waals surface area contributed by atoms with Crippen LogP contribution < -0.4 is 4.90 Å². The summed E-state index contributed by atoms with van der Waals surface area (Å²) in [6.45, 7) is 5.85. The van der Waals surface area contributed by atoms with Gasteiger partial charge in [-0.25, -0.2) is 9.97 Å². The lowest BCUT2D eigenvalue weighted by molar-refractivity contribution is -0.145. The summed E-state index contributed by atoms with van der Waals surface area (Å²) in [7, 11) is 0. The summed E-state index contributed by atoms with van der Waals surface area (Å²) < 4.78 is 39.6. The fourth-order valence-electron chi connectivity index (χ4n) is 4.38. The summed E-state index contributed by atoms with van der Waals surface area (Å²) in [6, 6.07) is 6.47. The van der Waals surface area contributed by atoms with E-state index in [1.54, 1.807) is 41.0 Å². The Morgan fingerprint density at radius 2 is 1.70 bits per heavy atom. The first kappa shape index (κ1) is 23.7. The smallest absolute Gasteiger partial charge is 0.390 e. The number of hydrogen-bond acceptors (Lipinski definition) is 6. The number of benzene rings is 1. The average molecular weight is 484 g/mol. The second-order valence-corrected chi connectivity index (χ2v) is 8.89. The number of alkyl halides is 3. The van der Waals surface area contributed by atoms with Crippen LogP contribution in [0.5, 0.6) is 0 Å². The molecule has 2 aliphatic heterocycles. The molecule has 1 aromatic carbocycles. The van der Waals surface area contributed by atoms with Gasteiger partial charge in [0.15, 0.2) is 0 Å². The number of aromatic nitrogens is 2. The third kappa shape index (κ3) is 4.92. The molecule has 7 nitrogen and oxygen atoms in total. The van der Waals surface area contributed by atoms with Crippen molar-refractivity contribution in [2.75, 3.05) is 44.2 Å². The van der Waals surface area contributed by atoms with Crippen molar-refractivity contribution >= 4 is 23.3 Å². The number of nitrogens with zero attached hydrogens (tertiary/aromatic N) is 5. The minimum absolute atomic E-state index is 0.0771. The minimum Gasteiger partial charge on any atom is -0.390 e. The van der Waals surface area contributed by atoms with Gasteiger partial charge in [0.25, 0.3) is 5.91 Å². The molecule has 178 valence electrons. The number of halogens is 4. The Morgan fingerprint density at radius 3 is 2.30 bits per heavy atom. The van der Waals surface area contributed by atoms with E-state index in [2.05, 4.69) is 14.9 Å². The highest BCUT2D eigenvalue weighted by Gasteiger charge is 2.40. The number of carbonyl (C=O) groups excluding carboxylic acids is 1. The average Bonchev–Trinajstić information content (AvgIpc) is 3.16. The van der Waals surface area contributed by atoms with Crippen molar-refractivity contribution in [3.05, 3.63) is 51.9 Å². The first-order valence-corrected chi connectivity index (χ1v) is 11.1. The Kier molecular flexibility index (Phi) is 6.52. The molecule has 1 amide bonds. The van der Waals surface area contributed by atoms with Crippen LogP contribution in [0, 0.1) is 13.8 Å². The van der Waals surface area contributed by atoms with Gasteiger partial charge in [0, 0.05) is 61.1 Å². The molecule has 2 atom stereocenters. The molecule has 0 aliphatic carbocycles. The van der Waals surface area contributed by atoms with Crippen LogP contribution in [-0.4, -0.2) is 82.2 Å². The maximum Gasteiger partial charge on any atom is 0.451 e. The quantitative estimate of drug-likeness (QED) is 0.724. The van der Waals surface area contributed by atoms with Crippen molar-refractivity contribution in [2.24, 2.45) is 0 Å². The van der Waals surface area contributed by atoms with E-state index in [1.807, 2.05) is 0 Å². The maximum atomic E-state index is 13.2. The van der Waals surface area contributed by atoms with Gasteiger partial charge in [0.2, 0.25) is 5.82 Å². The molecule has 1 N–H and O–H groups in total. The summed E-state index contributed by atoms with van der Waals surface area (Å²) >= 11 is 5.89. The molecule has 2 fully saturated rings. The normalized spacial score (nSPS) is 22.2. The van der Waals surface area contributed by atoms with E-state index >= 15 is 0 Å². The summed E-state index contributed by atoms with van der Waals surface area (Å²) in [5, 5.41) is 11.3. The van der Waals surface area contributed by atoms with Crippen molar-refractivity contribution < 1.29 is 23.1 Å². The van der Waals surface area contributed by atoms with E-state index in [4.69, 9.17) is 11.6 Å². The zero-order valence-electron chi connectivity index (χ0n) is 18.3. The first-order valence-electron chi connectivity index (χ1n) is 10.7. The Bertz CT molecular complexity index is 1030. The standard InChI is InChI=1S/C22H25ClF3N5O2/c1-13-14(2)27-21(22(24,25)26)28-19(13)31-11-17(18(32)12-31)29-7-9-30(10-8-29)20(33)15-3-5-16(23)6-4-15/h3-6,17-18,32H,7-12H2,1-2H3/t17-,18-/m0/s1. The summed E-state index contributed by atoms with van der Waals surface area (Å²) in [5.74, 6) is -1.05. The highest BCUT2D eigenvalue weighted by molar-refractivity contribution is 6.30. The van der Waals surface area contributed by atoms with Crippen LogP contribution in [0.1, 0.15) is 27.4 Å². The number of aryl methyl sites for hydroxylation is 1. The van der Waals surface area contributed by atoms with E-state index in [0.717, 1.165) is 0 Å². The van der Waals surface area contributed by atoms with Gasteiger partial charge in [-0.05, 0) is 38.1 Å². The predicted octanol–water partition coefficient (Wildman–Crippen LogP) is 2.77. The third-order valence-electron chi connectivity index (χ3n) is 6.34. The van der Waals surface area contributed by atoms with Gasteiger partial charge in [-0.1, -0.05) is 11.6 Å². The molecule has 0 saturated carbocycles. The van der Waals surface area contributed by atoms with E-state index in [1.165, 1.54) is 6.92 Å². The van der Waals surface area contributed by atoms with Gasteiger partial charge in [-0.3, -0.25) is 9.69 Å². The van der Waals surface area contributed by atoms with E-state index < -0.39 is 18.1 Å². The summed E-state index contributed by atoms with van der Waals surface area (Å²) in [4.78, 5) is 25.6. The molecule has 11 heteroatoms. The van der Waals surface area contributed by atoms with Crippen molar-refractivity contribution in [1.29, 1.82) is 0 Å². The number of piperazine rings is 1. The molecule has 0 unspecified atom stereocenters. The number of hydrogen-bond donors (Lipinski definition) is 1. The van der Waals surface area contributed by atoms with Gasteiger partial charge in [-0.2, -0.15) is 13.2 Å². The van der Waals surface area contributed by atoms with Crippen LogP contribution in [0.2, 0.25) is 5.02 Å². The molecular weight excluding hydrogens is 459 g/mol. The number of amides is 1. The lowest BCUT2D eigenvalue weighted by Gasteiger charge is -2.38. The van der Waals surface area contributed by atoms with Gasteiger partial charge >= 0.3 is 6.18 Å². The van der Waals surface area contributed by atoms with Gasteiger partial charge < -0.3 is 14.9 Å². The van der Waals surface area contributed by atoms with Gasteiger partial charge in [0.1, 0.15) is 5.82 Å². The van der Waals surface area contributed by atoms with Gasteiger partial charge in [-0.15, -0.1) is 0 Å². The van der Waals surface area contributed by atoms with Crippen LogP contribution >= 0.6 is 11.6 Å². The lowest BCUT2D eigenvalue weighted by Crippen LogP contribution is -2.54. The van der Waals surface area contributed by atoms with Crippen molar-refractivity contribution in [2.45, 2.75) is 32.2 Å². The number of aliphatic hydroxyl groups excluding tert-OH is 1. The molecule has 3 heterocycles. The van der Waals surface area contributed by atoms with Crippen LogP contribution in [0.4, 0.5) is 19.0 Å². The van der Waals surface area contributed by atoms with Crippen molar-refractivity contribution in [3.8, 4) is 0 Å². The summed E-state index contributed by atoms with van der Waals surface area (Å²) in [5.41, 5.74) is 1.39. The molecule has 2 aromatic rings. The molecule has 0 spiro atoms. The molecule has 0 bridgehead atoms. The maximum absolute atomic E-state index is 13.2. The van der Waals surface area contributed by atoms with Crippen molar-refractivity contribution in [3.63, 3.8) is 0 Å². The second kappa shape index (κ2) is 9.08. The number of β-amino-alcohol motifs (C(OH)–C–C–N with tert-alkyl or cyclic N) is 1. The first-order chi connectivity index (χ1) is 15.5. The molecule has 4 rings (SSSR count). The highest BCUT2D eigenvalue weighted by atomic mass is 35.5. The molecule has 2 saturated heterocycles. The number of anilines is 1. The fourth-order valence-corrected chi connectivity index (χ4v) is 4.51. The zero-order valence-corrected chi connectivity index (χ0v) is 19.1.